The largest absolute Gasteiger partial charge is 0.350 e. The first kappa shape index (κ1) is 20.2. The SMILES string of the molecule is CCN(CC(=O)Nc1c(C)cc(C)cc1C)CC(=O)NC(C)(C)C. The van der Waals surface area contributed by atoms with Gasteiger partial charge >= 0.3 is 0 Å². The molecule has 2 amide bonds. The van der Waals surface area contributed by atoms with Gasteiger partial charge in [0.1, 0.15) is 0 Å². The molecule has 0 aliphatic carbocycles. The summed E-state index contributed by atoms with van der Waals surface area (Å²) in [6, 6.07) is 4.11. The molecule has 0 fully saturated rings. The Morgan fingerprint density at radius 3 is 1.96 bits per heavy atom. The lowest BCUT2D eigenvalue weighted by molar-refractivity contribution is -0.124. The van der Waals surface area contributed by atoms with Crippen LogP contribution in [0.4, 0.5) is 5.69 Å². The predicted molar refractivity (Wildman–Crippen MR) is 99.3 cm³/mol. The standard InChI is InChI=1S/C19H31N3O2/c1-8-22(12-17(24)21-19(5,6)7)11-16(23)20-18-14(3)9-13(2)10-15(18)4/h9-10H,8,11-12H2,1-7H3,(H,20,23)(H,21,24). The van der Waals surface area contributed by atoms with Gasteiger partial charge in [0, 0.05) is 11.2 Å². The number of hydrogen-bond acceptors (Lipinski definition) is 3. The van der Waals surface area contributed by atoms with Gasteiger partial charge in [-0.2, -0.15) is 0 Å². The van der Waals surface area contributed by atoms with E-state index in [2.05, 4.69) is 22.8 Å². The molecule has 0 aliphatic rings. The van der Waals surface area contributed by atoms with E-state index in [0.717, 1.165) is 16.8 Å². The summed E-state index contributed by atoms with van der Waals surface area (Å²) in [5.41, 5.74) is 3.87. The maximum absolute atomic E-state index is 12.4. The van der Waals surface area contributed by atoms with Crippen molar-refractivity contribution in [3.63, 3.8) is 0 Å². The van der Waals surface area contributed by atoms with Gasteiger partial charge in [0.15, 0.2) is 0 Å². The first-order chi connectivity index (χ1) is 11.0. The van der Waals surface area contributed by atoms with Gasteiger partial charge in [-0.25, -0.2) is 0 Å². The topological polar surface area (TPSA) is 61.4 Å². The number of aryl methyl sites for hydroxylation is 3. The van der Waals surface area contributed by atoms with E-state index < -0.39 is 0 Å². The fourth-order valence-electron chi connectivity index (χ4n) is 2.70. The zero-order valence-corrected chi connectivity index (χ0v) is 16.0. The molecule has 0 bridgehead atoms. The molecular formula is C19H31N3O2. The second-order valence-corrected chi connectivity index (χ2v) is 7.42. The van der Waals surface area contributed by atoms with E-state index >= 15 is 0 Å². The van der Waals surface area contributed by atoms with Gasteiger partial charge in [-0.3, -0.25) is 14.5 Å². The highest BCUT2D eigenvalue weighted by molar-refractivity contribution is 5.94. The van der Waals surface area contributed by atoms with Crippen LogP contribution in [0.1, 0.15) is 44.4 Å². The quantitative estimate of drug-likeness (QED) is 0.841. The van der Waals surface area contributed by atoms with E-state index in [1.54, 1.807) is 0 Å². The third kappa shape index (κ3) is 6.71. The van der Waals surface area contributed by atoms with E-state index in [0.29, 0.717) is 6.54 Å². The van der Waals surface area contributed by atoms with Crippen LogP contribution in [0, 0.1) is 20.8 Å². The maximum atomic E-state index is 12.4. The van der Waals surface area contributed by atoms with E-state index in [9.17, 15) is 9.59 Å². The Kier molecular flexibility index (Phi) is 6.96. The van der Waals surface area contributed by atoms with Crippen LogP contribution in [0.2, 0.25) is 0 Å². The van der Waals surface area contributed by atoms with E-state index in [4.69, 9.17) is 0 Å². The molecule has 0 heterocycles. The van der Waals surface area contributed by atoms with E-state index in [1.165, 1.54) is 5.56 Å². The summed E-state index contributed by atoms with van der Waals surface area (Å²) < 4.78 is 0. The molecule has 134 valence electrons. The normalized spacial score (nSPS) is 11.5. The molecule has 0 radical (unpaired) electrons. The first-order valence-electron chi connectivity index (χ1n) is 8.43. The monoisotopic (exact) mass is 333 g/mol. The summed E-state index contributed by atoms with van der Waals surface area (Å²) in [7, 11) is 0. The van der Waals surface area contributed by atoms with Crippen molar-refractivity contribution in [2.24, 2.45) is 0 Å². The number of likely N-dealkylation sites (N-methyl/N-ethyl adjacent to an activating group) is 1. The van der Waals surface area contributed by atoms with Gasteiger partial charge < -0.3 is 10.6 Å². The van der Waals surface area contributed by atoms with Crippen LogP contribution in [0.25, 0.3) is 0 Å². The second-order valence-electron chi connectivity index (χ2n) is 7.42. The van der Waals surface area contributed by atoms with Gasteiger partial charge in [0.25, 0.3) is 0 Å². The fraction of sp³-hybridized carbons (Fsp3) is 0.579. The molecule has 0 atom stereocenters. The van der Waals surface area contributed by atoms with Crippen LogP contribution in [0.3, 0.4) is 0 Å². The summed E-state index contributed by atoms with van der Waals surface area (Å²) in [4.78, 5) is 26.2. The molecule has 0 aliphatic heterocycles. The Bertz CT molecular complexity index is 580. The van der Waals surface area contributed by atoms with Crippen molar-refractivity contribution in [1.82, 2.24) is 10.2 Å². The highest BCUT2D eigenvalue weighted by Crippen LogP contribution is 2.21. The number of nitrogens with one attached hydrogen (secondary N) is 2. The Morgan fingerprint density at radius 2 is 1.50 bits per heavy atom. The van der Waals surface area contributed by atoms with Gasteiger partial charge in [0.2, 0.25) is 11.8 Å². The molecule has 0 saturated carbocycles. The van der Waals surface area contributed by atoms with Crippen molar-refractivity contribution in [3.05, 3.63) is 28.8 Å². The minimum Gasteiger partial charge on any atom is -0.350 e. The van der Waals surface area contributed by atoms with Crippen LogP contribution in [-0.4, -0.2) is 41.9 Å². The zero-order valence-electron chi connectivity index (χ0n) is 16.0. The molecule has 24 heavy (non-hydrogen) atoms. The molecule has 5 heteroatoms. The summed E-state index contributed by atoms with van der Waals surface area (Å²) >= 11 is 0. The van der Waals surface area contributed by atoms with Crippen molar-refractivity contribution in [1.29, 1.82) is 0 Å². The number of benzene rings is 1. The van der Waals surface area contributed by atoms with Crippen molar-refractivity contribution in [3.8, 4) is 0 Å². The number of hydrogen-bond donors (Lipinski definition) is 2. The Labute approximate surface area is 145 Å². The van der Waals surface area contributed by atoms with Crippen LogP contribution < -0.4 is 10.6 Å². The third-order valence-corrected chi connectivity index (χ3v) is 3.64. The number of amides is 2. The van der Waals surface area contributed by atoms with Crippen molar-refractivity contribution in [2.45, 2.75) is 54.0 Å². The van der Waals surface area contributed by atoms with Gasteiger partial charge in [-0.1, -0.05) is 24.6 Å². The van der Waals surface area contributed by atoms with E-state index in [1.807, 2.05) is 53.4 Å². The third-order valence-electron chi connectivity index (χ3n) is 3.64. The lowest BCUT2D eigenvalue weighted by Crippen LogP contribution is -2.47. The Morgan fingerprint density at radius 1 is 1.00 bits per heavy atom. The van der Waals surface area contributed by atoms with Crippen molar-refractivity contribution >= 4 is 17.5 Å². The molecule has 1 aromatic rings. The lowest BCUT2D eigenvalue weighted by atomic mass is 10.1. The highest BCUT2D eigenvalue weighted by Gasteiger charge is 2.18. The summed E-state index contributed by atoms with van der Waals surface area (Å²) in [5.74, 6) is -0.171. The predicted octanol–water partition coefficient (Wildman–Crippen LogP) is 2.79. The fourth-order valence-corrected chi connectivity index (χ4v) is 2.70. The molecular weight excluding hydrogens is 302 g/mol. The van der Waals surface area contributed by atoms with Crippen LogP contribution in [0.15, 0.2) is 12.1 Å². The number of rotatable bonds is 6. The maximum Gasteiger partial charge on any atom is 0.238 e. The van der Waals surface area contributed by atoms with Crippen LogP contribution in [-0.2, 0) is 9.59 Å². The molecule has 0 unspecified atom stereocenters. The molecule has 5 nitrogen and oxygen atoms in total. The number of nitrogens with zero attached hydrogens (tertiary/aromatic N) is 1. The molecule has 1 aromatic carbocycles. The van der Waals surface area contributed by atoms with Gasteiger partial charge in [-0.15, -0.1) is 0 Å². The van der Waals surface area contributed by atoms with Gasteiger partial charge in [0.05, 0.1) is 13.1 Å². The number of carbonyl (C=O) groups is 2. The zero-order chi connectivity index (χ0) is 18.5. The minimum atomic E-state index is -0.269. The summed E-state index contributed by atoms with van der Waals surface area (Å²) in [6.45, 7) is 14.8. The molecule has 0 aromatic heterocycles. The van der Waals surface area contributed by atoms with Crippen LogP contribution in [0.5, 0.6) is 0 Å². The summed E-state index contributed by atoms with van der Waals surface area (Å²) in [5, 5.41) is 5.90. The average molecular weight is 333 g/mol. The minimum absolute atomic E-state index is 0.0696. The first-order valence-corrected chi connectivity index (χ1v) is 8.43. The number of anilines is 1. The Balaban J connectivity index is 2.67. The number of carbonyl (C=O) groups excluding carboxylic acids is 2. The van der Waals surface area contributed by atoms with Crippen LogP contribution >= 0.6 is 0 Å². The Hall–Kier alpha value is -1.88. The van der Waals surface area contributed by atoms with Crippen molar-refractivity contribution < 1.29 is 9.59 Å². The van der Waals surface area contributed by atoms with Gasteiger partial charge in [-0.05, 0) is 59.2 Å². The van der Waals surface area contributed by atoms with E-state index in [-0.39, 0.29) is 30.4 Å². The molecule has 2 N–H and O–H groups in total. The second kappa shape index (κ2) is 8.29. The molecule has 1 rings (SSSR count). The lowest BCUT2D eigenvalue weighted by Gasteiger charge is -2.24. The highest BCUT2D eigenvalue weighted by atomic mass is 16.2. The molecule has 0 spiro atoms. The summed E-state index contributed by atoms with van der Waals surface area (Å²) in [6.07, 6.45) is 0. The average Bonchev–Trinajstić information content (AvgIpc) is 2.39. The molecule has 0 saturated heterocycles. The smallest absolute Gasteiger partial charge is 0.238 e. The van der Waals surface area contributed by atoms with Crippen molar-refractivity contribution in [2.75, 3.05) is 25.0 Å².